The minimum absolute atomic E-state index is 0.159. The van der Waals surface area contributed by atoms with Gasteiger partial charge in [-0.25, -0.2) is 0 Å². The van der Waals surface area contributed by atoms with Crippen molar-refractivity contribution in [2.45, 2.75) is 18.1 Å². The third-order valence-corrected chi connectivity index (χ3v) is 5.29. The molecule has 0 aliphatic heterocycles. The van der Waals surface area contributed by atoms with Crippen molar-refractivity contribution in [3.05, 3.63) is 60.3 Å². The monoisotopic (exact) mass is 399 g/mol. The van der Waals surface area contributed by atoms with Crippen molar-refractivity contribution in [3.8, 4) is 0 Å². The smallest absolute Gasteiger partial charge is 0.254 e. The maximum absolute atomic E-state index is 12.8. The van der Waals surface area contributed by atoms with Crippen LogP contribution in [-0.2, 0) is 11.8 Å². The first-order valence-corrected chi connectivity index (χ1v) is 9.61. The molecule has 3 rings (SSSR count). The second-order valence-corrected chi connectivity index (χ2v) is 7.19. The molecule has 0 fully saturated rings. The second kappa shape index (κ2) is 8.75. The van der Waals surface area contributed by atoms with Crippen LogP contribution in [0.1, 0.15) is 29.1 Å². The van der Waals surface area contributed by atoms with Gasteiger partial charge in [0.15, 0.2) is 5.16 Å². The van der Waals surface area contributed by atoms with Gasteiger partial charge in [0.25, 0.3) is 5.91 Å². The Balaban J connectivity index is 1.62. The van der Waals surface area contributed by atoms with Crippen LogP contribution in [0.2, 0.25) is 0 Å². The van der Waals surface area contributed by atoms with E-state index in [0.717, 1.165) is 0 Å². The van der Waals surface area contributed by atoms with E-state index in [9.17, 15) is 9.59 Å². The summed E-state index contributed by atoms with van der Waals surface area (Å²) in [4.78, 5) is 26.6. The van der Waals surface area contributed by atoms with Crippen molar-refractivity contribution in [2.24, 2.45) is 7.05 Å². The summed E-state index contributed by atoms with van der Waals surface area (Å²) < 4.78 is 7.12. The summed E-state index contributed by atoms with van der Waals surface area (Å²) in [6.07, 6.45) is 3.16. The van der Waals surface area contributed by atoms with Crippen LogP contribution in [0.25, 0.3) is 0 Å². The molecule has 0 aliphatic rings. The summed E-state index contributed by atoms with van der Waals surface area (Å²) in [6, 6.07) is 10.3. The molecule has 0 radical (unpaired) electrons. The van der Waals surface area contributed by atoms with Crippen LogP contribution in [0.5, 0.6) is 0 Å². The summed E-state index contributed by atoms with van der Waals surface area (Å²) in [5, 5.41) is 11.2. The fourth-order valence-electron chi connectivity index (χ4n) is 2.56. The van der Waals surface area contributed by atoms with Gasteiger partial charge in [-0.1, -0.05) is 17.8 Å². The van der Waals surface area contributed by atoms with Crippen LogP contribution >= 0.6 is 11.8 Å². The standard InChI is InChI=1S/C19H21N5O3S/c1-13(16-8-5-9-27-16)24(3)18(26)14-6-4-7-15(10-14)21-17(25)11-28-19-22-20-12-23(19)2/h4-10,12-13H,11H2,1-3H3,(H,21,25). The molecule has 0 saturated carbocycles. The zero-order valence-corrected chi connectivity index (χ0v) is 16.6. The summed E-state index contributed by atoms with van der Waals surface area (Å²) in [5.74, 6) is 0.560. The Hall–Kier alpha value is -3.07. The molecule has 9 heteroatoms. The number of rotatable bonds is 7. The fourth-order valence-corrected chi connectivity index (χ4v) is 3.25. The molecule has 0 aliphatic carbocycles. The summed E-state index contributed by atoms with van der Waals surface area (Å²) >= 11 is 1.29. The fraction of sp³-hybridized carbons (Fsp3) is 0.263. The normalized spacial score (nSPS) is 11.8. The van der Waals surface area contributed by atoms with Crippen molar-refractivity contribution in [1.82, 2.24) is 19.7 Å². The van der Waals surface area contributed by atoms with Crippen molar-refractivity contribution in [2.75, 3.05) is 18.1 Å². The zero-order chi connectivity index (χ0) is 20.1. The Morgan fingerprint density at radius 3 is 2.82 bits per heavy atom. The molecule has 146 valence electrons. The lowest BCUT2D eigenvalue weighted by Crippen LogP contribution is -2.29. The van der Waals surface area contributed by atoms with Crippen LogP contribution in [0, 0.1) is 0 Å². The number of anilines is 1. The highest BCUT2D eigenvalue weighted by atomic mass is 32.2. The first kappa shape index (κ1) is 19.7. The van der Waals surface area contributed by atoms with Crippen molar-refractivity contribution in [1.29, 1.82) is 0 Å². The second-order valence-electron chi connectivity index (χ2n) is 6.25. The number of hydrogen-bond donors (Lipinski definition) is 1. The molecule has 3 aromatic rings. The van der Waals surface area contributed by atoms with E-state index in [4.69, 9.17) is 4.42 Å². The Morgan fingerprint density at radius 1 is 1.32 bits per heavy atom. The van der Waals surface area contributed by atoms with E-state index in [0.29, 0.717) is 22.2 Å². The molecule has 1 N–H and O–H groups in total. The molecule has 0 saturated heterocycles. The number of carbonyl (C=O) groups is 2. The number of aromatic nitrogens is 3. The Kier molecular flexibility index (Phi) is 6.15. The first-order chi connectivity index (χ1) is 13.5. The van der Waals surface area contributed by atoms with Crippen molar-refractivity contribution in [3.63, 3.8) is 0 Å². The Labute approximate surface area is 166 Å². The van der Waals surface area contributed by atoms with Gasteiger partial charge in [0.1, 0.15) is 12.1 Å². The molecule has 8 nitrogen and oxygen atoms in total. The minimum atomic E-state index is -0.205. The molecule has 2 amide bonds. The van der Waals surface area contributed by atoms with Crippen LogP contribution in [0.15, 0.2) is 58.6 Å². The van der Waals surface area contributed by atoms with Gasteiger partial charge in [0.2, 0.25) is 5.91 Å². The number of carbonyl (C=O) groups excluding carboxylic acids is 2. The average molecular weight is 399 g/mol. The topological polar surface area (TPSA) is 93.3 Å². The lowest BCUT2D eigenvalue weighted by Gasteiger charge is -2.23. The van der Waals surface area contributed by atoms with E-state index in [2.05, 4.69) is 15.5 Å². The highest BCUT2D eigenvalue weighted by Crippen LogP contribution is 2.22. The molecule has 28 heavy (non-hydrogen) atoms. The van der Waals surface area contributed by atoms with Crippen LogP contribution in [0.3, 0.4) is 0 Å². The highest BCUT2D eigenvalue weighted by molar-refractivity contribution is 7.99. The molecular weight excluding hydrogens is 378 g/mol. The molecule has 1 atom stereocenters. The molecule has 0 spiro atoms. The van der Waals surface area contributed by atoms with Gasteiger partial charge in [0, 0.05) is 25.3 Å². The van der Waals surface area contributed by atoms with Crippen LogP contribution < -0.4 is 5.32 Å². The third-order valence-electron chi connectivity index (χ3n) is 4.25. The third kappa shape index (κ3) is 4.61. The largest absolute Gasteiger partial charge is 0.467 e. The van der Waals surface area contributed by atoms with E-state index in [1.807, 2.05) is 20.0 Å². The van der Waals surface area contributed by atoms with Gasteiger partial charge in [0.05, 0.1) is 18.1 Å². The Morgan fingerprint density at radius 2 is 2.14 bits per heavy atom. The summed E-state index contributed by atoms with van der Waals surface area (Å²) in [6.45, 7) is 1.89. The van der Waals surface area contributed by atoms with E-state index in [1.54, 1.807) is 59.4 Å². The minimum Gasteiger partial charge on any atom is -0.467 e. The molecule has 2 heterocycles. The van der Waals surface area contributed by atoms with Crippen LogP contribution in [0.4, 0.5) is 5.69 Å². The molecule has 0 bridgehead atoms. The maximum Gasteiger partial charge on any atom is 0.254 e. The van der Waals surface area contributed by atoms with E-state index in [-0.39, 0.29) is 23.6 Å². The number of thioether (sulfide) groups is 1. The van der Waals surface area contributed by atoms with Gasteiger partial charge in [-0.15, -0.1) is 10.2 Å². The average Bonchev–Trinajstić information content (AvgIpc) is 3.36. The van der Waals surface area contributed by atoms with Gasteiger partial charge < -0.3 is 19.2 Å². The maximum atomic E-state index is 12.8. The predicted octanol–water partition coefficient (Wildman–Crippen LogP) is 2.97. The van der Waals surface area contributed by atoms with E-state index >= 15 is 0 Å². The number of amides is 2. The van der Waals surface area contributed by atoms with Gasteiger partial charge in [-0.05, 0) is 37.3 Å². The number of aryl methyl sites for hydroxylation is 1. The quantitative estimate of drug-likeness (QED) is 0.614. The summed E-state index contributed by atoms with van der Waals surface area (Å²) in [7, 11) is 3.54. The van der Waals surface area contributed by atoms with E-state index in [1.165, 1.54) is 11.8 Å². The number of furan rings is 1. The Bertz CT molecular complexity index is 954. The SMILES string of the molecule is CC(c1ccco1)N(C)C(=O)c1cccc(NC(=O)CSc2nncn2C)c1. The molecule has 1 unspecified atom stereocenters. The molecule has 1 aromatic carbocycles. The lowest BCUT2D eigenvalue weighted by atomic mass is 10.1. The lowest BCUT2D eigenvalue weighted by molar-refractivity contribution is -0.113. The zero-order valence-electron chi connectivity index (χ0n) is 15.8. The van der Waals surface area contributed by atoms with Crippen molar-refractivity contribution < 1.29 is 14.0 Å². The molecule has 2 aromatic heterocycles. The number of hydrogen-bond acceptors (Lipinski definition) is 6. The number of benzene rings is 1. The number of nitrogens with one attached hydrogen (secondary N) is 1. The highest BCUT2D eigenvalue weighted by Gasteiger charge is 2.21. The summed E-state index contributed by atoms with van der Waals surface area (Å²) in [5.41, 5.74) is 1.05. The number of nitrogens with zero attached hydrogens (tertiary/aromatic N) is 4. The first-order valence-electron chi connectivity index (χ1n) is 8.63. The van der Waals surface area contributed by atoms with Crippen molar-refractivity contribution >= 4 is 29.3 Å². The van der Waals surface area contributed by atoms with Gasteiger partial charge in [-0.3, -0.25) is 9.59 Å². The molecular formula is C19H21N5O3S. The predicted molar refractivity (Wildman–Crippen MR) is 106 cm³/mol. The van der Waals surface area contributed by atoms with Gasteiger partial charge >= 0.3 is 0 Å². The van der Waals surface area contributed by atoms with Gasteiger partial charge in [-0.2, -0.15) is 0 Å². The van der Waals surface area contributed by atoms with E-state index < -0.39 is 0 Å². The van der Waals surface area contributed by atoms with Crippen LogP contribution in [-0.4, -0.2) is 44.3 Å².